The van der Waals surface area contributed by atoms with Crippen molar-refractivity contribution in [1.29, 1.82) is 0 Å². The summed E-state index contributed by atoms with van der Waals surface area (Å²) in [6.07, 6.45) is 8.85. The van der Waals surface area contributed by atoms with E-state index < -0.39 is 0 Å². The molecule has 0 aliphatic carbocycles. The predicted molar refractivity (Wildman–Crippen MR) is 109 cm³/mol. The second-order valence-corrected chi connectivity index (χ2v) is 8.34. The summed E-state index contributed by atoms with van der Waals surface area (Å²) in [4.78, 5) is 5.17. The first-order valence-corrected chi connectivity index (χ1v) is 10.6. The van der Waals surface area contributed by atoms with Gasteiger partial charge in [0.1, 0.15) is 0 Å². The van der Waals surface area contributed by atoms with Crippen molar-refractivity contribution in [3.8, 4) is 0 Å². The van der Waals surface area contributed by atoms with Gasteiger partial charge < -0.3 is 16.0 Å². The number of hydrogen-bond acceptors (Lipinski definition) is 4. The molecule has 2 saturated heterocycles. The van der Waals surface area contributed by atoms with Crippen molar-refractivity contribution >= 4 is 0 Å². The van der Waals surface area contributed by atoms with E-state index in [0.29, 0.717) is 18.0 Å². The first-order valence-electron chi connectivity index (χ1n) is 10.6. The number of nitrogens with one attached hydrogen (secondary N) is 1. The zero-order valence-corrected chi connectivity index (χ0v) is 17.1. The lowest BCUT2D eigenvalue weighted by Gasteiger charge is -2.39. The van der Waals surface area contributed by atoms with Crippen molar-refractivity contribution in [2.75, 3.05) is 46.3 Å². The summed E-state index contributed by atoms with van der Waals surface area (Å²) >= 11 is 0. The van der Waals surface area contributed by atoms with Crippen LogP contribution in [0.15, 0.2) is 11.6 Å². The molecule has 25 heavy (non-hydrogen) atoms. The Bertz CT molecular complexity index is 401. The van der Waals surface area contributed by atoms with E-state index in [1.165, 1.54) is 63.9 Å². The molecule has 0 aromatic heterocycles. The van der Waals surface area contributed by atoms with Gasteiger partial charge in [-0.2, -0.15) is 0 Å². The van der Waals surface area contributed by atoms with Gasteiger partial charge in [0.05, 0.1) is 0 Å². The molecule has 0 saturated carbocycles. The lowest BCUT2D eigenvalue weighted by Crippen LogP contribution is -2.50. The van der Waals surface area contributed by atoms with Gasteiger partial charge in [-0.25, -0.2) is 0 Å². The topological polar surface area (TPSA) is 44.5 Å². The van der Waals surface area contributed by atoms with Crippen molar-refractivity contribution < 1.29 is 0 Å². The van der Waals surface area contributed by atoms with E-state index in [4.69, 9.17) is 5.73 Å². The van der Waals surface area contributed by atoms with E-state index in [1.807, 2.05) is 0 Å². The van der Waals surface area contributed by atoms with Crippen LogP contribution in [0.2, 0.25) is 0 Å². The Morgan fingerprint density at radius 3 is 2.52 bits per heavy atom. The minimum atomic E-state index is 0.341. The molecule has 0 aromatic carbocycles. The van der Waals surface area contributed by atoms with Gasteiger partial charge in [0.15, 0.2) is 0 Å². The van der Waals surface area contributed by atoms with Crippen LogP contribution in [0.1, 0.15) is 52.9 Å². The molecule has 2 aliphatic rings. The summed E-state index contributed by atoms with van der Waals surface area (Å²) in [5.41, 5.74) is 7.97. The largest absolute Gasteiger partial charge is 0.326 e. The summed E-state index contributed by atoms with van der Waals surface area (Å²) in [6, 6.07) is 0.953. The molecule has 0 radical (unpaired) electrons. The highest BCUT2D eigenvalue weighted by Crippen LogP contribution is 2.29. The van der Waals surface area contributed by atoms with Crippen molar-refractivity contribution in [3.63, 3.8) is 0 Å². The number of piperazine rings is 1. The van der Waals surface area contributed by atoms with E-state index in [-0.39, 0.29) is 0 Å². The van der Waals surface area contributed by atoms with Gasteiger partial charge in [0.2, 0.25) is 0 Å². The Kier molecular flexibility index (Phi) is 8.91. The highest BCUT2D eigenvalue weighted by Gasteiger charge is 2.29. The summed E-state index contributed by atoms with van der Waals surface area (Å²) in [5, 5.41) is 3.45. The second-order valence-electron chi connectivity index (χ2n) is 8.34. The van der Waals surface area contributed by atoms with Crippen LogP contribution < -0.4 is 11.1 Å². The number of piperidine rings is 1. The molecule has 4 heteroatoms. The van der Waals surface area contributed by atoms with Crippen molar-refractivity contribution in [3.05, 3.63) is 11.6 Å². The summed E-state index contributed by atoms with van der Waals surface area (Å²) in [7, 11) is 2.24. The van der Waals surface area contributed by atoms with Crippen LogP contribution in [0.4, 0.5) is 0 Å². The van der Waals surface area contributed by atoms with Crippen molar-refractivity contribution in [1.82, 2.24) is 15.1 Å². The Labute approximate surface area is 156 Å². The summed E-state index contributed by atoms with van der Waals surface area (Å²) in [6.45, 7) is 13.9. The highest BCUT2D eigenvalue weighted by molar-refractivity contribution is 5.05. The third-order valence-electron chi connectivity index (χ3n) is 6.59. The number of hydrogen-bond donors (Lipinski definition) is 2. The SMILES string of the molecule is CC/C(C)=C\C(CCC(CC)C1CCNCC1N)N1CCN(C)CC1. The van der Waals surface area contributed by atoms with Crippen LogP contribution in [0, 0.1) is 11.8 Å². The lowest BCUT2D eigenvalue weighted by molar-refractivity contribution is 0.116. The number of rotatable bonds is 8. The standard InChI is InChI=1S/C21H42N4/c1-5-17(3)15-19(25-13-11-24(4)12-14-25)8-7-18(6-2)20-9-10-23-16-21(20)22/h15,18-21,23H,5-14,16,22H2,1-4H3/b17-15-. The molecule has 2 rings (SSSR count). The molecule has 0 bridgehead atoms. The number of likely N-dealkylation sites (N-methyl/N-ethyl adjacent to an activating group) is 1. The van der Waals surface area contributed by atoms with Crippen LogP contribution in [0.3, 0.4) is 0 Å². The third kappa shape index (κ3) is 6.35. The fourth-order valence-corrected chi connectivity index (χ4v) is 4.57. The molecule has 146 valence electrons. The van der Waals surface area contributed by atoms with Crippen LogP contribution in [0.5, 0.6) is 0 Å². The minimum absolute atomic E-state index is 0.341. The van der Waals surface area contributed by atoms with Crippen molar-refractivity contribution in [2.45, 2.75) is 65.0 Å². The zero-order valence-electron chi connectivity index (χ0n) is 17.1. The summed E-state index contributed by atoms with van der Waals surface area (Å²) in [5.74, 6) is 1.48. The first-order chi connectivity index (χ1) is 12.0. The highest BCUT2D eigenvalue weighted by atomic mass is 15.3. The smallest absolute Gasteiger partial charge is 0.0281 e. The Morgan fingerprint density at radius 1 is 1.20 bits per heavy atom. The van der Waals surface area contributed by atoms with E-state index in [0.717, 1.165) is 19.0 Å². The van der Waals surface area contributed by atoms with Gasteiger partial charge in [-0.3, -0.25) is 4.90 Å². The Morgan fingerprint density at radius 2 is 1.92 bits per heavy atom. The van der Waals surface area contributed by atoms with Gasteiger partial charge in [0, 0.05) is 44.8 Å². The molecule has 0 amide bonds. The molecule has 2 heterocycles. The fourth-order valence-electron chi connectivity index (χ4n) is 4.57. The van der Waals surface area contributed by atoms with E-state index >= 15 is 0 Å². The molecular weight excluding hydrogens is 308 g/mol. The molecule has 3 N–H and O–H groups in total. The maximum atomic E-state index is 6.43. The van der Waals surface area contributed by atoms with Gasteiger partial charge in [-0.15, -0.1) is 0 Å². The van der Waals surface area contributed by atoms with E-state index in [2.05, 4.69) is 49.0 Å². The molecule has 2 aliphatic heterocycles. The quantitative estimate of drug-likeness (QED) is 0.661. The number of nitrogens with two attached hydrogens (primary N) is 1. The monoisotopic (exact) mass is 350 g/mol. The molecular formula is C21H42N4. The van der Waals surface area contributed by atoms with Crippen LogP contribution in [0.25, 0.3) is 0 Å². The molecule has 0 aromatic rings. The number of allylic oxidation sites excluding steroid dienone is 1. The summed E-state index contributed by atoms with van der Waals surface area (Å²) < 4.78 is 0. The first kappa shape index (κ1) is 20.9. The van der Waals surface area contributed by atoms with Crippen LogP contribution >= 0.6 is 0 Å². The normalized spacial score (nSPS) is 29.6. The van der Waals surface area contributed by atoms with Gasteiger partial charge >= 0.3 is 0 Å². The Hall–Kier alpha value is -0.420. The molecule has 4 atom stereocenters. The lowest BCUT2D eigenvalue weighted by atomic mass is 9.77. The van der Waals surface area contributed by atoms with Gasteiger partial charge in [0.25, 0.3) is 0 Å². The maximum absolute atomic E-state index is 6.43. The molecule has 4 nitrogen and oxygen atoms in total. The second kappa shape index (κ2) is 10.7. The molecule has 4 unspecified atom stereocenters. The average molecular weight is 351 g/mol. The van der Waals surface area contributed by atoms with E-state index in [9.17, 15) is 0 Å². The van der Waals surface area contributed by atoms with Crippen molar-refractivity contribution in [2.24, 2.45) is 17.6 Å². The third-order valence-corrected chi connectivity index (χ3v) is 6.59. The van der Waals surface area contributed by atoms with Crippen LogP contribution in [-0.4, -0.2) is 68.2 Å². The Balaban J connectivity index is 1.97. The van der Waals surface area contributed by atoms with Gasteiger partial charge in [-0.1, -0.05) is 31.9 Å². The molecule has 2 fully saturated rings. The zero-order chi connectivity index (χ0) is 18.2. The van der Waals surface area contributed by atoms with Crippen LogP contribution in [-0.2, 0) is 0 Å². The van der Waals surface area contributed by atoms with E-state index in [1.54, 1.807) is 0 Å². The molecule has 0 spiro atoms. The average Bonchev–Trinajstić information content (AvgIpc) is 2.63. The maximum Gasteiger partial charge on any atom is 0.0281 e. The van der Waals surface area contributed by atoms with Gasteiger partial charge in [-0.05, 0) is 58.0 Å². The number of nitrogens with zero attached hydrogens (tertiary/aromatic N) is 2. The fraction of sp³-hybridized carbons (Fsp3) is 0.905. The predicted octanol–water partition coefficient (Wildman–Crippen LogP) is 2.70. The minimum Gasteiger partial charge on any atom is -0.326 e.